The highest BCUT2D eigenvalue weighted by Crippen LogP contribution is 2.14. The Balaban J connectivity index is 3.25. The van der Waals surface area contributed by atoms with E-state index in [4.69, 9.17) is 28.5 Å². The SMILES string of the molecule is N#Cc1cc(C(=O)Cl)ncc1Cl. The standard InChI is InChI=1S/C7H2Cl2N2O/c8-5-3-11-6(7(9)12)1-4(5)2-10/h1,3H. The second-order valence-corrected chi connectivity index (χ2v) is 2.69. The maximum absolute atomic E-state index is 10.6. The van der Waals surface area contributed by atoms with Crippen LogP contribution in [-0.4, -0.2) is 10.2 Å². The number of hydrogen-bond donors (Lipinski definition) is 0. The lowest BCUT2D eigenvalue weighted by Gasteiger charge is -1.94. The van der Waals surface area contributed by atoms with Crippen LogP contribution in [0.3, 0.4) is 0 Å². The summed E-state index contributed by atoms with van der Waals surface area (Å²) in [7, 11) is 0. The van der Waals surface area contributed by atoms with Crippen LogP contribution >= 0.6 is 23.2 Å². The predicted molar refractivity (Wildman–Crippen MR) is 44.1 cm³/mol. The molecule has 0 atom stereocenters. The maximum atomic E-state index is 10.6. The van der Waals surface area contributed by atoms with E-state index >= 15 is 0 Å². The Morgan fingerprint density at radius 2 is 2.33 bits per heavy atom. The van der Waals surface area contributed by atoms with E-state index in [0.717, 1.165) is 0 Å². The van der Waals surface area contributed by atoms with E-state index in [1.807, 2.05) is 6.07 Å². The Hall–Kier alpha value is -1.11. The van der Waals surface area contributed by atoms with Gasteiger partial charge in [0.2, 0.25) is 0 Å². The van der Waals surface area contributed by atoms with Gasteiger partial charge in [-0.2, -0.15) is 5.26 Å². The van der Waals surface area contributed by atoms with Crippen molar-refractivity contribution in [3.05, 3.63) is 28.5 Å². The van der Waals surface area contributed by atoms with E-state index in [0.29, 0.717) is 0 Å². The second kappa shape index (κ2) is 3.53. The average molecular weight is 201 g/mol. The van der Waals surface area contributed by atoms with Crippen molar-refractivity contribution >= 4 is 28.4 Å². The van der Waals surface area contributed by atoms with Crippen molar-refractivity contribution in [1.29, 1.82) is 5.26 Å². The molecule has 0 unspecified atom stereocenters. The summed E-state index contributed by atoms with van der Waals surface area (Å²) < 4.78 is 0. The van der Waals surface area contributed by atoms with Gasteiger partial charge in [0.1, 0.15) is 11.8 Å². The van der Waals surface area contributed by atoms with Crippen molar-refractivity contribution < 1.29 is 4.79 Å². The molecule has 1 rings (SSSR count). The van der Waals surface area contributed by atoms with Crippen molar-refractivity contribution in [3.63, 3.8) is 0 Å². The van der Waals surface area contributed by atoms with Crippen molar-refractivity contribution in [3.8, 4) is 6.07 Å². The topological polar surface area (TPSA) is 53.8 Å². The summed E-state index contributed by atoms with van der Waals surface area (Å²) in [5.41, 5.74) is 0.216. The van der Waals surface area contributed by atoms with Gasteiger partial charge in [-0.3, -0.25) is 9.78 Å². The Morgan fingerprint density at radius 1 is 1.67 bits per heavy atom. The first-order valence-electron chi connectivity index (χ1n) is 2.90. The molecule has 0 aliphatic carbocycles. The van der Waals surface area contributed by atoms with E-state index in [1.165, 1.54) is 12.3 Å². The monoisotopic (exact) mass is 200 g/mol. The van der Waals surface area contributed by atoms with Crippen LogP contribution in [0.25, 0.3) is 0 Å². The van der Waals surface area contributed by atoms with Crippen LogP contribution in [-0.2, 0) is 0 Å². The zero-order chi connectivity index (χ0) is 9.14. The molecule has 0 radical (unpaired) electrons. The van der Waals surface area contributed by atoms with Crippen LogP contribution in [0.2, 0.25) is 5.02 Å². The first-order valence-corrected chi connectivity index (χ1v) is 3.66. The zero-order valence-corrected chi connectivity index (χ0v) is 7.23. The van der Waals surface area contributed by atoms with Crippen LogP contribution in [0.1, 0.15) is 16.1 Å². The third kappa shape index (κ3) is 1.73. The molecule has 1 aromatic rings. The van der Waals surface area contributed by atoms with Crippen LogP contribution in [0.15, 0.2) is 12.3 Å². The Morgan fingerprint density at radius 3 is 2.83 bits per heavy atom. The summed E-state index contributed by atoms with van der Waals surface area (Å²) in [5, 5.41) is 8.01. The number of nitrogens with zero attached hydrogens (tertiary/aromatic N) is 2. The number of hydrogen-bond acceptors (Lipinski definition) is 3. The molecule has 0 amide bonds. The maximum Gasteiger partial charge on any atom is 0.270 e. The summed E-state index contributed by atoms with van der Waals surface area (Å²) in [4.78, 5) is 14.2. The zero-order valence-electron chi connectivity index (χ0n) is 5.71. The van der Waals surface area contributed by atoms with Gasteiger partial charge >= 0.3 is 0 Å². The lowest BCUT2D eigenvalue weighted by Crippen LogP contribution is -1.94. The van der Waals surface area contributed by atoms with Crippen LogP contribution in [0.4, 0.5) is 0 Å². The Labute approximate surface area is 78.5 Å². The predicted octanol–water partition coefficient (Wildman–Crippen LogP) is 1.99. The highest BCUT2D eigenvalue weighted by molar-refractivity contribution is 6.67. The average Bonchev–Trinajstić information content (AvgIpc) is 2.05. The van der Waals surface area contributed by atoms with Gasteiger partial charge in [0.25, 0.3) is 5.24 Å². The molecule has 0 bridgehead atoms. The molecule has 1 heterocycles. The summed E-state index contributed by atoms with van der Waals surface area (Å²) in [5.74, 6) is 0. The number of halogens is 2. The fourth-order valence-electron chi connectivity index (χ4n) is 0.632. The number of aromatic nitrogens is 1. The van der Waals surface area contributed by atoms with E-state index in [1.54, 1.807) is 0 Å². The molecule has 0 saturated carbocycles. The van der Waals surface area contributed by atoms with Crippen molar-refractivity contribution in [2.75, 3.05) is 0 Å². The molecule has 60 valence electrons. The first-order chi connectivity index (χ1) is 5.65. The van der Waals surface area contributed by atoms with E-state index in [2.05, 4.69) is 4.98 Å². The van der Waals surface area contributed by atoms with Crippen LogP contribution < -0.4 is 0 Å². The quantitative estimate of drug-likeness (QED) is 0.652. The number of carbonyl (C=O) groups excluding carboxylic acids is 1. The van der Waals surface area contributed by atoms with Gasteiger partial charge in [0.05, 0.1) is 10.6 Å². The molecule has 0 fully saturated rings. The third-order valence-electron chi connectivity index (χ3n) is 1.18. The minimum Gasteiger partial charge on any atom is -0.274 e. The van der Waals surface area contributed by atoms with E-state index in [-0.39, 0.29) is 16.3 Å². The van der Waals surface area contributed by atoms with Crippen LogP contribution in [0.5, 0.6) is 0 Å². The van der Waals surface area contributed by atoms with Crippen molar-refractivity contribution in [1.82, 2.24) is 4.98 Å². The van der Waals surface area contributed by atoms with Gasteiger partial charge in [-0.1, -0.05) is 11.6 Å². The summed E-state index contributed by atoms with van der Waals surface area (Å²) in [6.07, 6.45) is 1.22. The molecule has 0 spiro atoms. The molecule has 12 heavy (non-hydrogen) atoms. The number of pyridine rings is 1. The van der Waals surface area contributed by atoms with Gasteiger partial charge < -0.3 is 0 Å². The molecular weight excluding hydrogens is 199 g/mol. The molecule has 1 aromatic heterocycles. The minimum atomic E-state index is -0.705. The number of nitriles is 1. The largest absolute Gasteiger partial charge is 0.274 e. The summed E-state index contributed by atoms with van der Waals surface area (Å²) >= 11 is 10.7. The van der Waals surface area contributed by atoms with Gasteiger partial charge in [-0.25, -0.2) is 0 Å². The fraction of sp³-hybridized carbons (Fsp3) is 0. The minimum absolute atomic E-state index is 0.0256. The molecular formula is C7H2Cl2N2O. The fourth-order valence-corrected chi connectivity index (χ4v) is 0.881. The number of carbonyl (C=O) groups is 1. The highest BCUT2D eigenvalue weighted by Gasteiger charge is 2.06. The molecule has 0 aromatic carbocycles. The van der Waals surface area contributed by atoms with E-state index in [9.17, 15) is 4.79 Å². The Bertz CT molecular complexity index is 370. The smallest absolute Gasteiger partial charge is 0.270 e. The van der Waals surface area contributed by atoms with Gasteiger partial charge in [0.15, 0.2) is 0 Å². The lowest BCUT2D eigenvalue weighted by atomic mass is 10.2. The van der Waals surface area contributed by atoms with Gasteiger partial charge in [-0.05, 0) is 17.7 Å². The third-order valence-corrected chi connectivity index (χ3v) is 1.67. The molecule has 3 nitrogen and oxygen atoms in total. The molecule has 0 N–H and O–H groups in total. The normalized spacial score (nSPS) is 9.08. The lowest BCUT2D eigenvalue weighted by molar-refractivity contribution is 0.107. The second-order valence-electron chi connectivity index (χ2n) is 1.93. The Kier molecular flexibility index (Phi) is 2.64. The molecule has 0 aliphatic rings. The summed E-state index contributed by atoms with van der Waals surface area (Å²) in [6, 6.07) is 3.06. The van der Waals surface area contributed by atoms with Crippen LogP contribution in [0, 0.1) is 11.3 Å². The molecule has 5 heteroatoms. The van der Waals surface area contributed by atoms with Gasteiger partial charge in [0, 0.05) is 6.20 Å². The van der Waals surface area contributed by atoms with Crippen molar-refractivity contribution in [2.45, 2.75) is 0 Å². The van der Waals surface area contributed by atoms with Gasteiger partial charge in [-0.15, -0.1) is 0 Å². The number of rotatable bonds is 1. The van der Waals surface area contributed by atoms with E-state index < -0.39 is 5.24 Å². The molecule has 0 saturated heterocycles. The van der Waals surface area contributed by atoms with Crippen molar-refractivity contribution in [2.24, 2.45) is 0 Å². The molecule has 0 aliphatic heterocycles. The summed E-state index contributed by atoms with van der Waals surface area (Å²) in [6.45, 7) is 0. The first kappa shape index (κ1) is 8.98. The highest BCUT2D eigenvalue weighted by atomic mass is 35.5.